The summed E-state index contributed by atoms with van der Waals surface area (Å²) in [5, 5.41) is 0. The van der Waals surface area contributed by atoms with E-state index in [-0.39, 0.29) is 0 Å². The first-order valence-electron chi connectivity index (χ1n) is 7.20. The van der Waals surface area contributed by atoms with Gasteiger partial charge in [0.25, 0.3) is 0 Å². The van der Waals surface area contributed by atoms with Crippen LogP contribution < -0.4 is 0 Å². The molecule has 0 unspecified atom stereocenters. The van der Waals surface area contributed by atoms with Crippen LogP contribution in [-0.2, 0) is 52.0 Å². The minimum Gasteiger partial charge on any atom is -0.380 e. The predicted octanol–water partition coefficient (Wildman–Crippen LogP) is 2.61. The first kappa shape index (κ1) is 14.0. The molecule has 110 valence electrons. The third-order valence-electron chi connectivity index (χ3n) is 4.21. The van der Waals surface area contributed by atoms with Crippen LogP contribution >= 0.6 is 0 Å². The molecule has 1 aromatic rings. The van der Waals surface area contributed by atoms with Crippen molar-refractivity contribution in [1.29, 1.82) is 0 Å². The van der Waals surface area contributed by atoms with Crippen molar-refractivity contribution < 1.29 is 18.9 Å². The number of benzene rings is 1. The summed E-state index contributed by atoms with van der Waals surface area (Å²) in [6.07, 6.45) is 0.946. The largest absolute Gasteiger partial charge is 0.380 e. The molecule has 0 saturated heterocycles. The van der Waals surface area contributed by atoms with Gasteiger partial charge < -0.3 is 18.9 Å². The number of fused-ring (bicyclic) bond motifs is 4. The molecule has 0 radical (unpaired) electrons. The summed E-state index contributed by atoms with van der Waals surface area (Å²) in [5.41, 5.74) is 7.67. The lowest BCUT2D eigenvalue weighted by Gasteiger charge is -2.23. The van der Waals surface area contributed by atoms with E-state index in [1.54, 1.807) is 7.11 Å². The zero-order valence-corrected chi connectivity index (χ0v) is 12.3. The second kappa shape index (κ2) is 6.22. The Morgan fingerprint density at radius 1 is 0.850 bits per heavy atom. The zero-order valence-electron chi connectivity index (χ0n) is 12.3. The van der Waals surface area contributed by atoms with Gasteiger partial charge in [0.2, 0.25) is 0 Å². The van der Waals surface area contributed by atoms with Crippen LogP contribution in [0.1, 0.15) is 39.8 Å². The third kappa shape index (κ3) is 2.49. The Bertz CT molecular complexity index is 496. The maximum Gasteiger partial charge on any atom is 0.0728 e. The van der Waals surface area contributed by atoms with Crippen LogP contribution in [0.2, 0.25) is 0 Å². The SMILES string of the molecule is COCc1c2c(C)c3c(c1COCCCOC2)COC3. The Hall–Kier alpha value is -0.940. The fourth-order valence-electron chi connectivity index (χ4n) is 3.11. The first-order valence-corrected chi connectivity index (χ1v) is 7.20. The smallest absolute Gasteiger partial charge is 0.0728 e. The van der Waals surface area contributed by atoms with Gasteiger partial charge >= 0.3 is 0 Å². The van der Waals surface area contributed by atoms with Gasteiger partial charge in [-0.15, -0.1) is 0 Å². The predicted molar refractivity (Wildman–Crippen MR) is 74.3 cm³/mol. The van der Waals surface area contributed by atoms with E-state index in [9.17, 15) is 0 Å². The monoisotopic (exact) mass is 278 g/mol. The van der Waals surface area contributed by atoms with E-state index in [4.69, 9.17) is 18.9 Å². The normalized spacial score (nSPS) is 18.9. The van der Waals surface area contributed by atoms with Gasteiger partial charge in [0.1, 0.15) is 0 Å². The van der Waals surface area contributed by atoms with Crippen molar-refractivity contribution in [3.63, 3.8) is 0 Å². The number of methoxy groups -OCH3 is 1. The molecule has 0 fully saturated rings. The Balaban J connectivity index is 2.13. The van der Waals surface area contributed by atoms with E-state index < -0.39 is 0 Å². The fraction of sp³-hybridized carbons (Fsp3) is 0.625. The lowest BCUT2D eigenvalue weighted by molar-refractivity contribution is 0.0621. The number of hydrogen-bond acceptors (Lipinski definition) is 4. The van der Waals surface area contributed by atoms with Crippen LogP contribution in [0.5, 0.6) is 0 Å². The molecule has 4 nitrogen and oxygen atoms in total. The molecule has 2 aliphatic heterocycles. The molecular weight excluding hydrogens is 256 g/mol. The Morgan fingerprint density at radius 3 is 2.25 bits per heavy atom. The molecule has 1 aromatic carbocycles. The van der Waals surface area contributed by atoms with Crippen molar-refractivity contribution in [2.24, 2.45) is 0 Å². The lowest BCUT2D eigenvalue weighted by atomic mass is 9.89. The Kier molecular flexibility index (Phi) is 4.36. The van der Waals surface area contributed by atoms with Crippen molar-refractivity contribution in [3.05, 3.63) is 33.4 Å². The molecule has 3 rings (SSSR count). The van der Waals surface area contributed by atoms with E-state index in [1.807, 2.05) is 0 Å². The van der Waals surface area contributed by atoms with Crippen LogP contribution in [0.3, 0.4) is 0 Å². The maximum atomic E-state index is 5.81. The topological polar surface area (TPSA) is 36.9 Å². The molecule has 0 amide bonds. The van der Waals surface area contributed by atoms with Crippen LogP contribution in [0, 0.1) is 6.92 Å². The average molecular weight is 278 g/mol. The highest BCUT2D eigenvalue weighted by molar-refractivity contribution is 5.52. The summed E-state index contributed by atoms with van der Waals surface area (Å²) in [4.78, 5) is 0. The van der Waals surface area contributed by atoms with E-state index in [2.05, 4.69) is 6.92 Å². The summed E-state index contributed by atoms with van der Waals surface area (Å²) in [6.45, 7) is 6.96. The standard InChI is InChI=1S/C16H22O4/c1-11-12-7-18-4-3-5-19-9-16(14(12)6-17-2)15-10-20-8-13(11)15/h3-10H2,1-2H3. The zero-order chi connectivity index (χ0) is 13.9. The quantitative estimate of drug-likeness (QED) is 0.833. The second-order valence-corrected chi connectivity index (χ2v) is 5.40. The minimum absolute atomic E-state index is 0.603. The first-order chi connectivity index (χ1) is 9.83. The maximum absolute atomic E-state index is 5.81. The molecule has 20 heavy (non-hydrogen) atoms. The van der Waals surface area contributed by atoms with Crippen LogP contribution in [-0.4, -0.2) is 20.3 Å². The van der Waals surface area contributed by atoms with Gasteiger partial charge in [0.05, 0.1) is 33.0 Å². The molecule has 4 heteroatoms. The van der Waals surface area contributed by atoms with E-state index in [0.29, 0.717) is 33.0 Å². The average Bonchev–Trinajstić information content (AvgIpc) is 2.93. The molecular formula is C16H22O4. The lowest BCUT2D eigenvalue weighted by Crippen LogP contribution is -2.14. The van der Waals surface area contributed by atoms with Crippen molar-refractivity contribution in [2.45, 2.75) is 46.4 Å². The van der Waals surface area contributed by atoms with Gasteiger partial charge in [-0.2, -0.15) is 0 Å². The van der Waals surface area contributed by atoms with Gasteiger partial charge in [-0.1, -0.05) is 0 Å². The summed E-state index contributed by atoms with van der Waals surface area (Å²) in [6, 6.07) is 0. The molecule has 0 atom stereocenters. The third-order valence-corrected chi connectivity index (χ3v) is 4.21. The Morgan fingerprint density at radius 2 is 1.50 bits per heavy atom. The van der Waals surface area contributed by atoms with Gasteiger partial charge in [-0.05, 0) is 46.7 Å². The Labute approximate surface area is 120 Å². The molecule has 2 bridgehead atoms. The molecule has 0 aliphatic carbocycles. The van der Waals surface area contributed by atoms with Crippen LogP contribution in [0.4, 0.5) is 0 Å². The van der Waals surface area contributed by atoms with E-state index >= 15 is 0 Å². The van der Waals surface area contributed by atoms with Gasteiger partial charge in [0, 0.05) is 20.3 Å². The van der Waals surface area contributed by atoms with Crippen molar-refractivity contribution in [2.75, 3.05) is 20.3 Å². The number of hydrogen-bond donors (Lipinski definition) is 0. The highest BCUT2D eigenvalue weighted by Gasteiger charge is 2.25. The highest BCUT2D eigenvalue weighted by atomic mass is 16.5. The van der Waals surface area contributed by atoms with E-state index in [0.717, 1.165) is 19.6 Å². The van der Waals surface area contributed by atoms with E-state index in [1.165, 1.54) is 33.4 Å². The summed E-state index contributed by atoms with van der Waals surface area (Å²) >= 11 is 0. The van der Waals surface area contributed by atoms with Gasteiger partial charge in [-0.3, -0.25) is 0 Å². The summed E-state index contributed by atoms with van der Waals surface area (Å²) < 4.78 is 22.7. The molecule has 2 heterocycles. The molecule has 0 N–H and O–H groups in total. The summed E-state index contributed by atoms with van der Waals surface area (Å²) in [7, 11) is 1.74. The fourth-order valence-corrected chi connectivity index (χ4v) is 3.11. The highest BCUT2D eigenvalue weighted by Crippen LogP contribution is 2.34. The second-order valence-electron chi connectivity index (χ2n) is 5.40. The minimum atomic E-state index is 0.603. The molecule has 0 saturated carbocycles. The van der Waals surface area contributed by atoms with Crippen molar-refractivity contribution in [3.8, 4) is 0 Å². The van der Waals surface area contributed by atoms with Gasteiger partial charge in [0.15, 0.2) is 0 Å². The van der Waals surface area contributed by atoms with Crippen molar-refractivity contribution in [1.82, 2.24) is 0 Å². The van der Waals surface area contributed by atoms with Crippen LogP contribution in [0.15, 0.2) is 0 Å². The van der Waals surface area contributed by atoms with Crippen molar-refractivity contribution >= 4 is 0 Å². The van der Waals surface area contributed by atoms with Gasteiger partial charge in [-0.25, -0.2) is 0 Å². The molecule has 2 aliphatic rings. The molecule has 0 spiro atoms. The number of ether oxygens (including phenoxy) is 4. The van der Waals surface area contributed by atoms with Crippen LogP contribution in [0.25, 0.3) is 0 Å². The number of rotatable bonds is 2. The summed E-state index contributed by atoms with van der Waals surface area (Å²) in [5.74, 6) is 0. The molecule has 0 aromatic heterocycles.